The number of aliphatic hydroxyl groups excluding tert-OH is 1. The fourth-order valence-electron chi connectivity index (χ4n) is 2.10. The molecule has 0 bridgehead atoms. The van der Waals surface area contributed by atoms with E-state index in [4.69, 9.17) is 0 Å². The first-order valence-corrected chi connectivity index (χ1v) is 7.72. The number of carbonyl (C=O) groups excluding carboxylic acids is 1. The predicted molar refractivity (Wildman–Crippen MR) is 88.9 cm³/mol. The van der Waals surface area contributed by atoms with Crippen LogP contribution in [0.4, 0.5) is 10.6 Å². The highest BCUT2D eigenvalue weighted by molar-refractivity contribution is 5.73. The van der Waals surface area contributed by atoms with Gasteiger partial charge in [0.1, 0.15) is 5.82 Å². The smallest absolute Gasteiger partial charge is 0.315 e. The van der Waals surface area contributed by atoms with Gasteiger partial charge in [-0.1, -0.05) is 19.9 Å². The quantitative estimate of drug-likeness (QED) is 0.684. The maximum absolute atomic E-state index is 11.9. The molecule has 0 unspecified atom stereocenters. The second-order valence-electron chi connectivity index (χ2n) is 5.78. The fourth-order valence-corrected chi connectivity index (χ4v) is 2.10. The molecule has 3 N–H and O–H groups in total. The van der Waals surface area contributed by atoms with Crippen LogP contribution in [0.5, 0.6) is 0 Å². The molecular formula is C16H28N4O2. The summed E-state index contributed by atoms with van der Waals surface area (Å²) in [6.45, 7) is 4.96. The maximum atomic E-state index is 11.9. The van der Waals surface area contributed by atoms with E-state index in [9.17, 15) is 9.90 Å². The zero-order valence-electron chi connectivity index (χ0n) is 14.0. The summed E-state index contributed by atoms with van der Waals surface area (Å²) in [6, 6.07) is 5.48. The minimum atomic E-state index is -0.239. The molecule has 0 aliphatic heterocycles. The molecule has 0 fully saturated rings. The molecule has 0 aliphatic rings. The van der Waals surface area contributed by atoms with Crippen molar-refractivity contribution in [3.8, 4) is 0 Å². The van der Waals surface area contributed by atoms with Crippen molar-refractivity contribution in [1.29, 1.82) is 0 Å². The first-order chi connectivity index (χ1) is 10.5. The molecule has 124 valence electrons. The molecule has 2 amide bonds. The second-order valence-corrected chi connectivity index (χ2v) is 5.78. The highest BCUT2D eigenvalue weighted by Crippen LogP contribution is 2.24. The number of urea groups is 1. The minimum Gasteiger partial charge on any atom is -0.396 e. The Morgan fingerprint density at radius 1 is 1.27 bits per heavy atom. The largest absolute Gasteiger partial charge is 0.396 e. The van der Waals surface area contributed by atoms with Gasteiger partial charge in [-0.3, -0.25) is 0 Å². The molecule has 1 heterocycles. The van der Waals surface area contributed by atoms with Crippen molar-refractivity contribution in [3.63, 3.8) is 0 Å². The van der Waals surface area contributed by atoms with E-state index in [0.717, 1.165) is 24.4 Å². The van der Waals surface area contributed by atoms with Crippen molar-refractivity contribution in [2.75, 3.05) is 32.1 Å². The molecule has 0 atom stereocenters. The highest BCUT2D eigenvalue weighted by Gasteiger charge is 2.25. The molecule has 6 heteroatoms. The van der Waals surface area contributed by atoms with E-state index >= 15 is 0 Å². The standard InChI is InChI=1S/C16H28N4O2/c1-5-16(6-2,12-21)11-18-15(22)17-10-13-8-7-9-14(19-13)20(3)4/h7-9,21H,5-6,10-12H2,1-4H3,(H2,17,18,22). The van der Waals surface area contributed by atoms with Gasteiger partial charge in [0.25, 0.3) is 0 Å². The number of aliphatic hydroxyl groups is 1. The third-order valence-electron chi connectivity index (χ3n) is 4.14. The summed E-state index contributed by atoms with van der Waals surface area (Å²) in [6.07, 6.45) is 1.65. The van der Waals surface area contributed by atoms with Crippen LogP contribution in [0.3, 0.4) is 0 Å². The number of pyridine rings is 1. The molecule has 0 saturated carbocycles. The van der Waals surface area contributed by atoms with Gasteiger partial charge in [0.2, 0.25) is 0 Å². The van der Waals surface area contributed by atoms with E-state index in [-0.39, 0.29) is 18.1 Å². The minimum absolute atomic E-state index is 0.0761. The van der Waals surface area contributed by atoms with E-state index in [2.05, 4.69) is 15.6 Å². The van der Waals surface area contributed by atoms with Gasteiger partial charge in [0.05, 0.1) is 18.8 Å². The van der Waals surface area contributed by atoms with Crippen molar-refractivity contribution < 1.29 is 9.90 Å². The lowest BCUT2D eigenvalue weighted by Gasteiger charge is -2.29. The first kappa shape index (κ1) is 18.2. The molecule has 0 radical (unpaired) electrons. The van der Waals surface area contributed by atoms with E-state index in [1.54, 1.807) is 0 Å². The summed E-state index contributed by atoms with van der Waals surface area (Å²) in [5.74, 6) is 0.857. The van der Waals surface area contributed by atoms with Crippen molar-refractivity contribution in [2.24, 2.45) is 5.41 Å². The topological polar surface area (TPSA) is 77.5 Å². The summed E-state index contributed by atoms with van der Waals surface area (Å²) < 4.78 is 0. The number of rotatable bonds is 8. The predicted octanol–water partition coefficient (Wildman–Crippen LogP) is 1.75. The number of carbonyl (C=O) groups is 1. The zero-order valence-corrected chi connectivity index (χ0v) is 14.0. The highest BCUT2D eigenvalue weighted by atomic mass is 16.3. The van der Waals surface area contributed by atoms with Crippen LogP contribution in [0, 0.1) is 5.41 Å². The molecule has 22 heavy (non-hydrogen) atoms. The number of anilines is 1. The van der Waals surface area contributed by atoms with E-state index in [1.165, 1.54) is 0 Å². The summed E-state index contributed by atoms with van der Waals surface area (Å²) in [5.41, 5.74) is 0.571. The normalized spacial score (nSPS) is 11.1. The number of aromatic nitrogens is 1. The van der Waals surface area contributed by atoms with Gasteiger partial charge in [-0.05, 0) is 25.0 Å². The lowest BCUT2D eigenvalue weighted by molar-refractivity contribution is 0.115. The molecule has 1 rings (SSSR count). The van der Waals surface area contributed by atoms with Crippen molar-refractivity contribution in [3.05, 3.63) is 23.9 Å². The van der Waals surface area contributed by atoms with Gasteiger partial charge < -0.3 is 20.6 Å². The molecule has 0 aromatic carbocycles. The van der Waals surface area contributed by atoms with Gasteiger partial charge in [-0.25, -0.2) is 9.78 Å². The van der Waals surface area contributed by atoms with Crippen molar-refractivity contribution in [1.82, 2.24) is 15.6 Å². The van der Waals surface area contributed by atoms with Gasteiger partial charge in [-0.15, -0.1) is 0 Å². The molecule has 0 saturated heterocycles. The van der Waals surface area contributed by atoms with Crippen LogP contribution in [-0.4, -0.2) is 43.4 Å². The SMILES string of the molecule is CCC(CC)(CO)CNC(=O)NCc1cccc(N(C)C)n1. The summed E-state index contributed by atoms with van der Waals surface area (Å²) in [7, 11) is 3.85. The van der Waals surface area contributed by atoms with Crippen LogP contribution in [0.15, 0.2) is 18.2 Å². The average molecular weight is 308 g/mol. The molecular weight excluding hydrogens is 280 g/mol. The number of nitrogens with one attached hydrogen (secondary N) is 2. The van der Waals surface area contributed by atoms with Crippen LogP contribution in [0.25, 0.3) is 0 Å². The molecule has 1 aromatic rings. The summed E-state index contributed by atoms with van der Waals surface area (Å²) in [4.78, 5) is 18.3. The number of nitrogens with zero attached hydrogens (tertiary/aromatic N) is 2. The average Bonchev–Trinajstić information content (AvgIpc) is 2.55. The zero-order chi connectivity index (χ0) is 16.6. The lowest BCUT2D eigenvalue weighted by Crippen LogP contribution is -2.43. The van der Waals surface area contributed by atoms with Crippen LogP contribution in [-0.2, 0) is 6.54 Å². The fraction of sp³-hybridized carbons (Fsp3) is 0.625. The van der Waals surface area contributed by atoms with E-state index < -0.39 is 0 Å². The van der Waals surface area contributed by atoms with Crippen molar-refractivity contribution >= 4 is 11.8 Å². The Labute approximate surface area is 132 Å². The van der Waals surface area contributed by atoms with Gasteiger partial charge >= 0.3 is 6.03 Å². The van der Waals surface area contributed by atoms with Gasteiger partial charge in [0.15, 0.2) is 0 Å². The third kappa shape index (κ3) is 5.18. The molecule has 1 aromatic heterocycles. The molecule has 6 nitrogen and oxygen atoms in total. The van der Waals surface area contributed by atoms with E-state index in [1.807, 2.05) is 51.0 Å². The van der Waals surface area contributed by atoms with Gasteiger partial charge in [-0.2, -0.15) is 0 Å². The Morgan fingerprint density at radius 3 is 2.50 bits per heavy atom. The van der Waals surface area contributed by atoms with Crippen LogP contribution < -0.4 is 15.5 Å². The Kier molecular flexibility index (Phi) is 7.11. The summed E-state index contributed by atoms with van der Waals surface area (Å²) in [5, 5.41) is 15.1. The van der Waals surface area contributed by atoms with Crippen molar-refractivity contribution in [2.45, 2.75) is 33.2 Å². The molecule has 0 spiro atoms. The molecule has 0 aliphatic carbocycles. The van der Waals surface area contributed by atoms with Crippen LogP contribution >= 0.6 is 0 Å². The van der Waals surface area contributed by atoms with Crippen LogP contribution in [0.2, 0.25) is 0 Å². The lowest BCUT2D eigenvalue weighted by atomic mass is 9.83. The Bertz CT molecular complexity index is 465. The van der Waals surface area contributed by atoms with Crippen LogP contribution in [0.1, 0.15) is 32.4 Å². The monoisotopic (exact) mass is 308 g/mol. The number of amides is 2. The summed E-state index contributed by atoms with van der Waals surface area (Å²) >= 11 is 0. The Morgan fingerprint density at radius 2 is 1.95 bits per heavy atom. The third-order valence-corrected chi connectivity index (χ3v) is 4.14. The maximum Gasteiger partial charge on any atom is 0.315 e. The second kappa shape index (κ2) is 8.58. The number of hydrogen-bond donors (Lipinski definition) is 3. The Hall–Kier alpha value is -1.82. The first-order valence-electron chi connectivity index (χ1n) is 7.72. The Balaban J connectivity index is 2.48. The number of hydrogen-bond acceptors (Lipinski definition) is 4. The van der Waals surface area contributed by atoms with Gasteiger partial charge in [0, 0.05) is 26.1 Å². The van der Waals surface area contributed by atoms with E-state index in [0.29, 0.717) is 13.1 Å².